The van der Waals surface area contributed by atoms with E-state index in [9.17, 15) is 9.59 Å². The molecule has 0 saturated carbocycles. The van der Waals surface area contributed by atoms with Crippen LogP contribution >= 0.6 is 0 Å². The summed E-state index contributed by atoms with van der Waals surface area (Å²) in [7, 11) is 1.55. The third-order valence-corrected chi connectivity index (χ3v) is 5.40. The molecule has 0 saturated heterocycles. The van der Waals surface area contributed by atoms with Gasteiger partial charge in [0, 0.05) is 0 Å². The van der Waals surface area contributed by atoms with Crippen LogP contribution in [-0.2, 0) is 6.54 Å². The zero-order valence-electron chi connectivity index (χ0n) is 17.1. The van der Waals surface area contributed by atoms with Crippen LogP contribution < -0.4 is 15.1 Å². The van der Waals surface area contributed by atoms with E-state index in [-0.39, 0.29) is 17.5 Å². The summed E-state index contributed by atoms with van der Waals surface area (Å²) < 4.78 is 0.489. The van der Waals surface area contributed by atoms with E-state index in [4.69, 9.17) is 0 Å². The fraction of sp³-hybridized carbons (Fsp3) is 0.217. The van der Waals surface area contributed by atoms with Crippen LogP contribution in [0.3, 0.4) is 0 Å². The molecule has 3 rings (SSSR count). The summed E-state index contributed by atoms with van der Waals surface area (Å²) in [4.78, 5) is 33.3. The Morgan fingerprint density at radius 1 is 1.07 bits per heavy atom. The second-order valence-electron chi connectivity index (χ2n) is 7.17. The van der Waals surface area contributed by atoms with E-state index in [0.29, 0.717) is 33.8 Å². The summed E-state index contributed by atoms with van der Waals surface area (Å²) in [6, 6.07) is 15.4. The molecule has 0 aliphatic carbocycles. The molecule has 2 N–H and O–H groups in total. The first-order chi connectivity index (χ1) is 14.4. The third-order valence-electron chi connectivity index (χ3n) is 4.72. The molecule has 1 heterocycles. The topological polar surface area (TPSA) is 84.0 Å². The van der Waals surface area contributed by atoms with Gasteiger partial charge in [0.05, 0.1) is 0 Å². The molecular formula is C23H23AsN4O2. The first-order valence-electron chi connectivity index (χ1n) is 9.64. The number of hydrogen-bond acceptors (Lipinski definition) is 4. The van der Waals surface area contributed by atoms with Crippen molar-refractivity contribution < 1.29 is 9.59 Å². The van der Waals surface area contributed by atoms with E-state index >= 15 is 0 Å². The molecule has 6 nitrogen and oxygen atoms in total. The van der Waals surface area contributed by atoms with Crippen molar-refractivity contribution >= 4 is 33.1 Å². The van der Waals surface area contributed by atoms with Gasteiger partial charge >= 0.3 is 148 Å². The Balaban J connectivity index is 1.75. The average Bonchev–Trinajstić information content (AvgIpc) is 2.77. The Morgan fingerprint density at radius 3 is 2.47 bits per heavy atom. The van der Waals surface area contributed by atoms with Crippen LogP contribution in [-0.4, -0.2) is 45.7 Å². The van der Waals surface area contributed by atoms with Gasteiger partial charge in [-0.15, -0.1) is 0 Å². The van der Waals surface area contributed by atoms with Gasteiger partial charge in [-0.1, -0.05) is 26.0 Å². The molecule has 0 aliphatic rings. The maximum atomic E-state index is 12.6. The summed E-state index contributed by atoms with van der Waals surface area (Å²) in [5.74, 6) is -0.00507. The normalized spacial score (nSPS) is 10.7. The van der Waals surface area contributed by atoms with Gasteiger partial charge in [-0.25, -0.2) is 0 Å². The predicted molar refractivity (Wildman–Crippen MR) is 118 cm³/mol. The monoisotopic (exact) mass is 462 g/mol. The fourth-order valence-electron chi connectivity index (χ4n) is 2.92. The predicted octanol–water partition coefficient (Wildman–Crippen LogP) is 2.35. The van der Waals surface area contributed by atoms with Crippen LogP contribution in [0.4, 0.5) is 0 Å². The van der Waals surface area contributed by atoms with Crippen LogP contribution in [0.15, 0.2) is 54.7 Å². The first kappa shape index (κ1) is 21.7. The molecule has 0 atom stereocenters. The first-order valence-corrected chi connectivity index (χ1v) is 10.6. The second kappa shape index (κ2) is 9.68. The van der Waals surface area contributed by atoms with Crippen LogP contribution in [0.25, 0.3) is 11.3 Å². The number of nitrogens with one attached hydrogen (secondary N) is 2. The van der Waals surface area contributed by atoms with Crippen molar-refractivity contribution in [3.05, 3.63) is 77.1 Å². The standard InChI is InChI=1S/C23H23AsN4O2/c1-14(2)16-9-7-15(8-10-16)12-27-22(29)18-6-4-5-17(11-18)19-13-26-21(24)20(28-19)23(30)25-3/h4-11,13-14H,12H2,1-3H3,(H,25,30)(H,27,29). The van der Waals surface area contributed by atoms with Crippen molar-refractivity contribution in [2.45, 2.75) is 26.3 Å². The van der Waals surface area contributed by atoms with E-state index in [1.54, 1.807) is 31.4 Å². The third kappa shape index (κ3) is 5.13. The zero-order chi connectivity index (χ0) is 21.7. The van der Waals surface area contributed by atoms with Crippen LogP contribution in [0.2, 0.25) is 0 Å². The van der Waals surface area contributed by atoms with Crippen LogP contribution in [0.1, 0.15) is 51.7 Å². The van der Waals surface area contributed by atoms with Crippen molar-refractivity contribution in [3.63, 3.8) is 0 Å². The molecule has 0 fully saturated rings. The summed E-state index contributed by atoms with van der Waals surface area (Å²) in [6.07, 6.45) is 1.59. The molecule has 30 heavy (non-hydrogen) atoms. The van der Waals surface area contributed by atoms with Gasteiger partial charge < -0.3 is 0 Å². The summed E-state index contributed by atoms with van der Waals surface area (Å²) in [5.41, 5.74) is 4.32. The number of nitrogens with zero attached hydrogens (tertiary/aromatic N) is 2. The fourth-order valence-corrected chi connectivity index (χ4v) is 3.36. The van der Waals surface area contributed by atoms with E-state index < -0.39 is 0 Å². The van der Waals surface area contributed by atoms with Gasteiger partial charge in [-0.2, -0.15) is 0 Å². The molecule has 2 aromatic carbocycles. The molecule has 0 bridgehead atoms. The maximum absolute atomic E-state index is 12.6. The Morgan fingerprint density at radius 2 is 1.80 bits per heavy atom. The molecule has 3 aromatic rings. The molecular weight excluding hydrogens is 439 g/mol. The minimum absolute atomic E-state index is 0.173. The molecule has 2 amide bonds. The number of benzene rings is 2. The minimum atomic E-state index is -0.308. The second-order valence-corrected chi connectivity index (χ2v) is 8.06. The van der Waals surface area contributed by atoms with Gasteiger partial charge in [0.15, 0.2) is 0 Å². The van der Waals surface area contributed by atoms with Gasteiger partial charge in [0.1, 0.15) is 0 Å². The Labute approximate surface area is 185 Å². The van der Waals surface area contributed by atoms with Crippen molar-refractivity contribution in [2.75, 3.05) is 7.05 Å². The van der Waals surface area contributed by atoms with Gasteiger partial charge in [0.2, 0.25) is 0 Å². The van der Waals surface area contributed by atoms with Gasteiger partial charge in [0.25, 0.3) is 0 Å². The molecule has 1 aromatic heterocycles. The Kier molecular flexibility index (Phi) is 7.01. The van der Waals surface area contributed by atoms with Gasteiger partial charge in [-0.3, -0.25) is 0 Å². The van der Waals surface area contributed by atoms with Crippen molar-refractivity contribution in [1.82, 2.24) is 20.6 Å². The number of aromatic nitrogens is 2. The zero-order valence-corrected chi connectivity index (χ0v) is 19.0. The number of carbonyl (C=O) groups is 2. The molecule has 0 aliphatic heterocycles. The molecule has 0 unspecified atom stereocenters. The van der Waals surface area contributed by atoms with Gasteiger partial charge in [-0.05, 0) is 11.5 Å². The molecule has 2 radical (unpaired) electrons. The Hall–Kier alpha value is -2.98. The molecule has 7 heteroatoms. The van der Waals surface area contributed by atoms with E-state index in [0.717, 1.165) is 5.56 Å². The number of hydrogen-bond donors (Lipinski definition) is 2. The van der Waals surface area contributed by atoms with E-state index in [2.05, 4.69) is 63.4 Å². The Bertz CT molecular complexity index is 1070. The summed E-state index contributed by atoms with van der Waals surface area (Å²) >= 11 is 2.24. The van der Waals surface area contributed by atoms with Crippen molar-refractivity contribution in [1.29, 1.82) is 0 Å². The van der Waals surface area contributed by atoms with Crippen molar-refractivity contribution in [2.24, 2.45) is 0 Å². The molecule has 152 valence electrons. The quantitative estimate of drug-likeness (QED) is 0.551. The number of amides is 2. The average molecular weight is 462 g/mol. The van der Waals surface area contributed by atoms with E-state index in [1.165, 1.54) is 5.56 Å². The SMILES string of the molecule is CNC(=O)c1nc(-c2cccc(C(=O)NCc3ccc(C(C)C)cc3)c2)cnc1[As]. The number of rotatable bonds is 6. The summed E-state index contributed by atoms with van der Waals surface area (Å²) in [5, 5.41) is 5.51. The summed E-state index contributed by atoms with van der Waals surface area (Å²) in [6.45, 7) is 4.75. The molecule has 0 spiro atoms. The van der Waals surface area contributed by atoms with Crippen LogP contribution in [0, 0.1) is 0 Å². The van der Waals surface area contributed by atoms with E-state index in [1.807, 2.05) is 18.2 Å². The number of carbonyl (C=O) groups excluding carboxylic acids is 2. The van der Waals surface area contributed by atoms with Crippen LogP contribution in [0.5, 0.6) is 0 Å². The van der Waals surface area contributed by atoms with Crippen molar-refractivity contribution in [3.8, 4) is 11.3 Å².